The maximum Gasteiger partial charge on any atom is 0.251 e. The molecule has 2 aromatic carbocycles. The minimum Gasteiger partial charge on any atom is -0.350 e. The highest BCUT2D eigenvalue weighted by Gasteiger charge is 2.18. The van der Waals surface area contributed by atoms with Gasteiger partial charge in [0.2, 0.25) is 5.91 Å². The summed E-state index contributed by atoms with van der Waals surface area (Å²) in [6, 6.07) is 14.9. The predicted molar refractivity (Wildman–Crippen MR) is 118 cm³/mol. The number of benzene rings is 2. The first kappa shape index (κ1) is 22.6. The minimum absolute atomic E-state index is 0.0328. The summed E-state index contributed by atoms with van der Waals surface area (Å²) in [4.78, 5) is 27.0. The Morgan fingerprint density at radius 1 is 0.966 bits per heavy atom. The van der Waals surface area contributed by atoms with Crippen molar-refractivity contribution in [2.45, 2.75) is 52.2 Å². The number of carbonyl (C=O) groups is 2. The van der Waals surface area contributed by atoms with Crippen molar-refractivity contribution in [3.63, 3.8) is 0 Å². The average molecular weight is 396 g/mol. The maximum absolute atomic E-state index is 12.5. The van der Waals surface area contributed by atoms with Gasteiger partial charge in [-0.3, -0.25) is 9.59 Å². The van der Waals surface area contributed by atoms with E-state index >= 15 is 0 Å². The molecule has 0 aliphatic heterocycles. The summed E-state index contributed by atoms with van der Waals surface area (Å²) in [6.45, 7) is 9.33. The second kappa shape index (κ2) is 9.70. The molecule has 0 saturated heterocycles. The molecule has 0 aliphatic carbocycles. The van der Waals surface area contributed by atoms with Crippen molar-refractivity contribution in [2.24, 2.45) is 0 Å². The smallest absolute Gasteiger partial charge is 0.251 e. The lowest BCUT2D eigenvalue weighted by Crippen LogP contribution is -2.44. The molecular weight excluding hydrogens is 362 g/mol. The van der Waals surface area contributed by atoms with Crippen molar-refractivity contribution >= 4 is 11.8 Å². The van der Waals surface area contributed by atoms with Crippen LogP contribution in [0.2, 0.25) is 0 Å². The molecule has 2 aromatic rings. The van der Waals surface area contributed by atoms with Crippen molar-refractivity contribution in [1.29, 1.82) is 0 Å². The van der Waals surface area contributed by atoms with Crippen molar-refractivity contribution in [1.82, 2.24) is 15.5 Å². The third-order valence-corrected chi connectivity index (χ3v) is 4.81. The predicted octanol–water partition coefficient (Wildman–Crippen LogP) is 3.48. The van der Waals surface area contributed by atoms with Gasteiger partial charge in [0.25, 0.3) is 5.91 Å². The van der Waals surface area contributed by atoms with Crippen LogP contribution in [0.15, 0.2) is 48.5 Å². The topological polar surface area (TPSA) is 61.4 Å². The van der Waals surface area contributed by atoms with Crippen LogP contribution in [0, 0.1) is 0 Å². The Balaban J connectivity index is 1.93. The Kier molecular flexibility index (Phi) is 7.57. The van der Waals surface area contributed by atoms with Gasteiger partial charge in [-0.1, -0.05) is 57.2 Å². The summed E-state index contributed by atoms with van der Waals surface area (Å²) in [5.74, 6) is -0.453. The van der Waals surface area contributed by atoms with Crippen LogP contribution < -0.4 is 10.6 Å². The average Bonchev–Trinajstić information content (AvgIpc) is 2.66. The zero-order valence-corrected chi connectivity index (χ0v) is 18.4. The molecule has 2 rings (SSSR count). The van der Waals surface area contributed by atoms with Crippen LogP contribution in [0.5, 0.6) is 0 Å². The second-order valence-corrected chi connectivity index (χ2v) is 8.75. The van der Waals surface area contributed by atoms with Crippen molar-refractivity contribution in [2.75, 3.05) is 14.1 Å². The maximum atomic E-state index is 12.5. The molecule has 1 atom stereocenters. The quantitative estimate of drug-likeness (QED) is 0.755. The Hall–Kier alpha value is -2.66. The molecule has 29 heavy (non-hydrogen) atoms. The van der Waals surface area contributed by atoms with E-state index in [1.54, 1.807) is 19.1 Å². The van der Waals surface area contributed by atoms with Crippen molar-refractivity contribution < 1.29 is 9.59 Å². The normalized spacial score (nSPS) is 12.5. The van der Waals surface area contributed by atoms with Crippen LogP contribution in [-0.4, -0.2) is 36.9 Å². The molecule has 0 unspecified atom stereocenters. The Morgan fingerprint density at radius 3 is 2.10 bits per heavy atom. The summed E-state index contributed by atoms with van der Waals surface area (Å²) < 4.78 is 0. The van der Waals surface area contributed by atoms with Gasteiger partial charge in [0.05, 0.1) is 0 Å². The lowest BCUT2D eigenvalue weighted by molar-refractivity contribution is -0.122. The molecule has 5 heteroatoms. The van der Waals surface area contributed by atoms with E-state index < -0.39 is 6.04 Å². The summed E-state index contributed by atoms with van der Waals surface area (Å²) in [5, 5.41) is 5.70. The molecule has 0 fully saturated rings. The van der Waals surface area contributed by atoms with Gasteiger partial charge in [-0.25, -0.2) is 0 Å². The third-order valence-electron chi connectivity index (χ3n) is 4.81. The number of amides is 2. The summed E-state index contributed by atoms with van der Waals surface area (Å²) in [7, 11) is 4.03. The van der Waals surface area contributed by atoms with E-state index in [0.717, 1.165) is 17.7 Å². The number of rotatable bonds is 7. The van der Waals surface area contributed by atoms with Crippen LogP contribution in [-0.2, 0) is 23.3 Å². The monoisotopic (exact) mass is 395 g/mol. The number of hydrogen-bond donors (Lipinski definition) is 2. The van der Waals surface area contributed by atoms with Gasteiger partial charge in [0.1, 0.15) is 6.04 Å². The molecule has 5 nitrogen and oxygen atoms in total. The first-order valence-electron chi connectivity index (χ1n) is 9.98. The van der Waals surface area contributed by atoms with Crippen LogP contribution in [0.3, 0.4) is 0 Å². The molecule has 0 heterocycles. The van der Waals surface area contributed by atoms with Crippen LogP contribution >= 0.6 is 0 Å². The summed E-state index contributed by atoms with van der Waals surface area (Å²) >= 11 is 0. The van der Waals surface area contributed by atoms with Gasteiger partial charge in [0.15, 0.2) is 0 Å². The van der Waals surface area contributed by atoms with Gasteiger partial charge in [-0.15, -0.1) is 0 Å². The Labute approximate surface area is 174 Å². The minimum atomic E-state index is -0.620. The number of nitrogens with one attached hydrogen (secondary N) is 2. The molecule has 0 radical (unpaired) electrons. The lowest BCUT2D eigenvalue weighted by atomic mass is 9.86. The highest BCUT2D eigenvalue weighted by Crippen LogP contribution is 2.22. The Bertz CT molecular complexity index is 836. The highest BCUT2D eigenvalue weighted by molar-refractivity contribution is 5.97. The second-order valence-electron chi connectivity index (χ2n) is 8.75. The number of nitrogens with zero attached hydrogens (tertiary/aromatic N) is 1. The molecule has 2 amide bonds. The van der Waals surface area contributed by atoms with E-state index in [1.807, 2.05) is 44.4 Å². The Morgan fingerprint density at radius 2 is 1.55 bits per heavy atom. The molecule has 156 valence electrons. The SMILES string of the molecule is C[C@@H](NC(=O)c1ccc(C(C)(C)C)cc1)C(=O)NCc1ccccc1CN(C)C. The van der Waals surface area contributed by atoms with Gasteiger partial charge >= 0.3 is 0 Å². The van der Waals surface area contributed by atoms with Gasteiger partial charge < -0.3 is 15.5 Å². The van der Waals surface area contributed by atoms with Gasteiger partial charge in [-0.05, 0) is 55.3 Å². The van der Waals surface area contributed by atoms with E-state index in [2.05, 4.69) is 42.4 Å². The summed E-state index contributed by atoms with van der Waals surface area (Å²) in [6.07, 6.45) is 0. The first-order chi connectivity index (χ1) is 13.6. The first-order valence-corrected chi connectivity index (χ1v) is 9.98. The van der Waals surface area contributed by atoms with Crippen LogP contribution in [0.1, 0.15) is 54.7 Å². The van der Waals surface area contributed by atoms with E-state index in [4.69, 9.17) is 0 Å². The fourth-order valence-electron chi connectivity index (χ4n) is 3.03. The van der Waals surface area contributed by atoms with Gasteiger partial charge in [0, 0.05) is 18.7 Å². The number of carbonyl (C=O) groups excluding carboxylic acids is 2. The molecule has 0 saturated carbocycles. The van der Waals surface area contributed by atoms with Crippen LogP contribution in [0.4, 0.5) is 0 Å². The van der Waals surface area contributed by atoms with E-state index in [9.17, 15) is 9.59 Å². The molecule has 0 aromatic heterocycles. The fraction of sp³-hybridized carbons (Fsp3) is 0.417. The highest BCUT2D eigenvalue weighted by atomic mass is 16.2. The van der Waals surface area contributed by atoms with E-state index in [0.29, 0.717) is 12.1 Å². The zero-order chi connectivity index (χ0) is 21.6. The molecule has 2 N–H and O–H groups in total. The van der Waals surface area contributed by atoms with Crippen molar-refractivity contribution in [3.05, 3.63) is 70.8 Å². The van der Waals surface area contributed by atoms with E-state index in [-0.39, 0.29) is 17.2 Å². The number of hydrogen-bond acceptors (Lipinski definition) is 3. The molecule has 0 spiro atoms. The largest absolute Gasteiger partial charge is 0.350 e. The molecule has 0 aliphatic rings. The third kappa shape index (κ3) is 6.71. The molecule has 0 bridgehead atoms. The molecular formula is C24H33N3O2. The van der Waals surface area contributed by atoms with E-state index in [1.165, 1.54) is 5.56 Å². The zero-order valence-electron chi connectivity index (χ0n) is 18.4. The lowest BCUT2D eigenvalue weighted by Gasteiger charge is -2.19. The standard InChI is InChI=1S/C24H33N3O2/c1-17(26-23(29)18-11-13-21(14-12-18)24(2,3)4)22(28)25-15-19-9-7-8-10-20(19)16-27(5)6/h7-14,17H,15-16H2,1-6H3,(H,25,28)(H,26,29)/t17-/m1/s1. The van der Waals surface area contributed by atoms with Crippen LogP contribution in [0.25, 0.3) is 0 Å². The van der Waals surface area contributed by atoms with Gasteiger partial charge in [-0.2, -0.15) is 0 Å². The summed E-state index contributed by atoms with van der Waals surface area (Å²) in [5.41, 5.74) is 4.00. The van der Waals surface area contributed by atoms with Crippen molar-refractivity contribution in [3.8, 4) is 0 Å². The fourth-order valence-corrected chi connectivity index (χ4v) is 3.03.